The lowest BCUT2D eigenvalue weighted by molar-refractivity contribution is -0.137. The number of fused-ring (bicyclic) bond motifs is 1. The number of aromatic nitrogens is 1. The van der Waals surface area contributed by atoms with Crippen LogP contribution in [0.1, 0.15) is 36.1 Å². The van der Waals surface area contributed by atoms with Gasteiger partial charge in [0.25, 0.3) is 0 Å². The Balaban J connectivity index is 2.11. The van der Waals surface area contributed by atoms with Crippen molar-refractivity contribution in [3.8, 4) is 6.07 Å². The molecule has 0 radical (unpaired) electrons. The summed E-state index contributed by atoms with van der Waals surface area (Å²) in [4.78, 5) is 15.0. The van der Waals surface area contributed by atoms with Gasteiger partial charge < -0.3 is 4.98 Å². The molecule has 0 fully saturated rings. The molecule has 3 nitrogen and oxygen atoms in total. The molecule has 3 rings (SSSR count). The van der Waals surface area contributed by atoms with Crippen molar-refractivity contribution >= 4 is 10.9 Å². The number of aromatic amines is 1. The quantitative estimate of drug-likeness (QED) is 0.607. The molecule has 0 spiro atoms. The zero-order valence-electron chi connectivity index (χ0n) is 15.4. The molecule has 1 heterocycles. The first-order valence-corrected chi connectivity index (χ1v) is 8.56. The van der Waals surface area contributed by atoms with Crippen LogP contribution in [0.4, 0.5) is 22.0 Å². The van der Waals surface area contributed by atoms with Crippen LogP contribution in [0.2, 0.25) is 0 Å². The van der Waals surface area contributed by atoms with Gasteiger partial charge in [-0.3, -0.25) is 4.79 Å². The molecule has 0 atom stereocenters. The van der Waals surface area contributed by atoms with Crippen LogP contribution in [0.25, 0.3) is 10.9 Å². The molecule has 1 N–H and O–H groups in total. The van der Waals surface area contributed by atoms with Gasteiger partial charge in [-0.15, -0.1) is 0 Å². The van der Waals surface area contributed by atoms with E-state index in [4.69, 9.17) is 5.26 Å². The predicted molar refractivity (Wildman–Crippen MR) is 97.4 cm³/mol. The highest BCUT2D eigenvalue weighted by Gasteiger charge is 2.32. The Labute approximate surface area is 162 Å². The Kier molecular flexibility index (Phi) is 4.95. The summed E-state index contributed by atoms with van der Waals surface area (Å²) in [6.07, 6.45) is -3.46. The molecule has 150 valence electrons. The van der Waals surface area contributed by atoms with Gasteiger partial charge in [-0.05, 0) is 35.6 Å². The van der Waals surface area contributed by atoms with Crippen LogP contribution in [0.3, 0.4) is 0 Å². The lowest BCUT2D eigenvalue weighted by Crippen LogP contribution is -2.23. The summed E-state index contributed by atoms with van der Waals surface area (Å²) in [6, 6.07) is 6.85. The van der Waals surface area contributed by atoms with E-state index in [2.05, 4.69) is 4.98 Å². The molecule has 0 amide bonds. The number of nitrogens with one attached hydrogen (secondary N) is 1. The lowest BCUT2D eigenvalue weighted by atomic mass is 9.78. The number of rotatable bonds is 3. The molecule has 0 aliphatic rings. The van der Waals surface area contributed by atoms with E-state index < -0.39 is 34.2 Å². The third-order valence-corrected chi connectivity index (χ3v) is 4.90. The normalized spacial score (nSPS) is 12.2. The number of alkyl halides is 3. The third-order valence-electron chi connectivity index (χ3n) is 4.90. The second-order valence-corrected chi connectivity index (χ2v) is 7.35. The van der Waals surface area contributed by atoms with E-state index in [1.165, 1.54) is 12.1 Å². The minimum atomic E-state index is -4.48. The molecule has 0 aliphatic heterocycles. The fraction of sp³-hybridized carbons (Fsp3) is 0.238. The van der Waals surface area contributed by atoms with Crippen molar-refractivity contribution in [1.82, 2.24) is 4.98 Å². The topological polar surface area (TPSA) is 56.6 Å². The van der Waals surface area contributed by atoms with Gasteiger partial charge in [0.15, 0.2) is 11.6 Å². The van der Waals surface area contributed by atoms with Crippen LogP contribution in [0.15, 0.2) is 41.3 Å². The summed E-state index contributed by atoms with van der Waals surface area (Å²) < 4.78 is 67.1. The summed E-state index contributed by atoms with van der Waals surface area (Å²) in [5.74, 6) is -2.39. The highest BCUT2D eigenvalue weighted by molar-refractivity contribution is 5.83. The molecular formula is C21H15F5N2O. The van der Waals surface area contributed by atoms with Crippen LogP contribution in [-0.2, 0) is 18.0 Å². The molecule has 3 aromatic rings. The van der Waals surface area contributed by atoms with Crippen LogP contribution >= 0.6 is 0 Å². The molecule has 0 bridgehead atoms. The van der Waals surface area contributed by atoms with E-state index in [9.17, 15) is 26.7 Å². The van der Waals surface area contributed by atoms with Crippen molar-refractivity contribution in [2.24, 2.45) is 0 Å². The Morgan fingerprint density at radius 3 is 2.21 bits per heavy atom. The first kappa shape index (κ1) is 20.5. The highest BCUT2D eigenvalue weighted by atomic mass is 19.4. The van der Waals surface area contributed by atoms with Gasteiger partial charge >= 0.3 is 6.18 Å². The monoisotopic (exact) mass is 406 g/mol. The van der Waals surface area contributed by atoms with E-state index in [0.717, 1.165) is 24.4 Å². The molecule has 0 aliphatic carbocycles. The number of hydrogen-bond acceptors (Lipinski definition) is 2. The Hall–Kier alpha value is -3.21. The standard InChI is InChI=1S/C21H15F5N2O/c1-20(2,12-3-5-13(6-4-12)21(24,25)26)8-15-17(23)16(22)7-14-18(15)28-10-11(9-27)19(14)29/h3-7,10H,8H2,1-2H3,(H,28,29). The highest BCUT2D eigenvalue weighted by Crippen LogP contribution is 2.34. The summed E-state index contributed by atoms with van der Waals surface area (Å²) in [5.41, 5.74) is -2.24. The maximum absolute atomic E-state index is 14.6. The summed E-state index contributed by atoms with van der Waals surface area (Å²) in [5, 5.41) is 8.80. The van der Waals surface area contributed by atoms with E-state index in [1.54, 1.807) is 19.9 Å². The van der Waals surface area contributed by atoms with E-state index in [1.807, 2.05) is 0 Å². The fourth-order valence-corrected chi connectivity index (χ4v) is 3.28. The molecule has 0 saturated carbocycles. The number of H-pyrrole nitrogens is 1. The number of nitriles is 1. The Morgan fingerprint density at radius 2 is 1.66 bits per heavy atom. The van der Waals surface area contributed by atoms with Crippen LogP contribution in [-0.4, -0.2) is 4.98 Å². The SMILES string of the molecule is CC(C)(Cc1c(F)c(F)cc2c(=O)c(C#N)c[nH]c12)c1ccc(C(F)(F)F)cc1. The molecule has 29 heavy (non-hydrogen) atoms. The zero-order valence-corrected chi connectivity index (χ0v) is 15.4. The Morgan fingerprint density at radius 1 is 1.07 bits per heavy atom. The van der Waals surface area contributed by atoms with Crippen molar-refractivity contribution in [2.75, 3.05) is 0 Å². The predicted octanol–water partition coefficient (Wildman–Crippen LogP) is 5.22. The number of benzene rings is 2. The van der Waals surface area contributed by atoms with E-state index in [-0.39, 0.29) is 28.5 Å². The van der Waals surface area contributed by atoms with Crippen molar-refractivity contribution < 1.29 is 22.0 Å². The van der Waals surface area contributed by atoms with Crippen molar-refractivity contribution in [1.29, 1.82) is 5.26 Å². The number of hydrogen-bond donors (Lipinski definition) is 1. The maximum Gasteiger partial charge on any atom is 0.416 e. The minimum absolute atomic E-state index is 0.0490. The summed E-state index contributed by atoms with van der Waals surface area (Å²) in [7, 11) is 0. The number of nitrogens with zero attached hydrogens (tertiary/aromatic N) is 1. The van der Waals surface area contributed by atoms with Crippen LogP contribution in [0, 0.1) is 23.0 Å². The second-order valence-electron chi connectivity index (χ2n) is 7.35. The third kappa shape index (κ3) is 3.73. The Bertz CT molecular complexity index is 1190. The molecule has 0 saturated heterocycles. The first-order chi connectivity index (χ1) is 13.5. The van der Waals surface area contributed by atoms with Crippen molar-refractivity contribution in [2.45, 2.75) is 31.9 Å². The average Bonchev–Trinajstić information content (AvgIpc) is 2.66. The van der Waals surface area contributed by atoms with Gasteiger partial charge in [0.1, 0.15) is 11.6 Å². The van der Waals surface area contributed by atoms with Gasteiger partial charge in [-0.2, -0.15) is 18.4 Å². The largest absolute Gasteiger partial charge is 0.416 e. The minimum Gasteiger partial charge on any atom is -0.359 e. The van der Waals surface area contributed by atoms with Gasteiger partial charge in [-0.25, -0.2) is 8.78 Å². The second kappa shape index (κ2) is 6.99. The van der Waals surface area contributed by atoms with Gasteiger partial charge in [-0.1, -0.05) is 26.0 Å². The number of pyridine rings is 1. The van der Waals surface area contributed by atoms with Gasteiger partial charge in [0.05, 0.1) is 16.5 Å². The molecule has 2 aromatic carbocycles. The summed E-state index contributed by atoms with van der Waals surface area (Å²) in [6.45, 7) is 3.35. The first-order valence-electron chi connectivity index (χ1n) is 8.56. The molecule has 1 aromatic heterocycles. The van der Waals surface area contributed by atoms with E-state index in [0.29, 0.717) is 5.56 Å². The fourth-order valence-electron chi connectivity index (χ4n) is 3.28. The van der Waals surface area contributed by atoms with Crippen LogP contribution in [0.5, 0.6) is 0 Å². The molecular weight excluding hydrogens is 391 g/mol. The molecule has 0 unspecified atom stereocenters. The average molecular weight is 406 g/mol. The maximum atomic E-state index is 14.6. The van der Waals surface area contributed by atoms with Crippen LogP contribution < -0.4 is 5.43 Å². The van der Waals surface area contributed by atoms with Crippen molar-refractivity contribution in [3.63, 3.8) is 0 Å². The summed E-state index contributed by atoms with van der Waals surface area (Å²) >= 11 is 0. The molecule has 8 heteroatoms. The van der Waals surface area contributed by atoms with Gasteiger partial charge in [0, 0.05) is 11.8 Å². The lowest BCUT2D eigenvalue weighted by Gasteiger charge is -2.27. The smallest absolute Gasteiger partial charge is 0.359 e. The zero-order chi connectivity index (χ0) is 21.6. The van der Waals surface area contributed by atoms with Gasteiger partial charge in [0.2, 0.25) is 5.43 Å². The van der Waals surface area contributed by atoms with E-state index >= 15 is 0 Å². The number of halogens is 5. The van der Waals surface area contributed by atoms with Crippen molar-refractivity contribution in [3.05, 3.63) is 80.6 Å².